The number of amides is 1. The first kappa shape index (κ1) is 15.7. The van der Waals surface area contributed by atoms with E-state index >= 15 is 0 Å². The van der Waals surface area contributed by atoms with Crippen LogP contribution in [-0.2, 0) is 14.8 Å². The second kappa shape index (κ2) is 6.14. The lowest BCUT2D eigenvalue weighted by atomic mass is 10.2. The van der Waals surface area contributed by atoms with E-state index in [9.17, 15) is 13.2 Å². The Morgan fingerprint density at radius 1 is 1.04 bits per heavy atom. The van der Waals surface area contributed by atoms with Gasteiger partial charge in [-0.1, -0.05) is 35.9 Å². The van der Waals surface area contributed by atoms with Crippen molar-refractivity contribution in [1.29, 1.82) is 0 Å². The number of benzene rings is 2. The van der Waals surface area contributed by atoms with E-state index < -0.39 is 16.1 Å². The molecule has 1 heterocycles. The van der Waals surface area contributed by atoms with Crippen LogP contribution in [0.25, 0.3) is 0 Å². The summed E-state index contributed by atoms with van der Waals surface area (Å²) in [7, 11) is -3.69. The molecule has 120 valence electrons. The fourth-order valence-electron chi connectivity index (χ4n) is 2.63. The van der Waals surface area contributed by atoms with Gasteiger partial charge >= 0.3 is 0 Å². The molecule has 0 aromatic heterocycles. The summed E-state index contributed by atoms with van der Waals surface area (Å²) < 4.78 is 27.2. The molecule has 1 unspecified atom stereocenters. The second-order valence-electron chi connectivity index (χ2n) is 5.60. The topological polar surface area (TPSA) is 66.5 Å². The van der Waals surface area contributed by atoms with Crippen LogP contribution in [0.1, 0.15) is 12.0 Å². The van der Waals surface area contributed by atoms with Gasteiger partial charge in [0.25, 0.3) is 0 Å². The lowest BCUT2D eigenvalue weighted by molar-refractivity contribution is -0.118. The van der Waals surface area contributed by atoms with Crippen LogP contribution in [0.4, 0.5) is 5.69 Å². The summed E-state index contributed by atoms with van der Waals surface area (Å²) in [6.45, 7) is 2.48. The zero-order valence-electron chi connectivity index (χ0n) is 12.8. The van der Waals surface area contributed by atoms with E-state index in [0.717, 1.165) is 11.3 Å². The van der Waals surface area contributed by atoms with Crippen molar-refractivity contribution < 1.29 is 13.2 Å². The largest absolute Gasteiger partial charge is 0.311 e. The Balaban J connectivity index is 1.76. The molecule has 0 aliphatic carbocycles. The summed E-state index contributed by atoms with van der Waals surface area (Å²) in [5.41, 5.74) is 1.91. The molecule has 5 nitrogen and oxygen atoms in total. The normalized spacial score (nSPS) is 18.4. The van der Waals surface area contributed by atoms with Crippen molar-refractivity contribution in [2.24, 2.45) is 0 Å². The van der Waals surface area contributed by atoms with Crippen molar-refractivity contribution in [1.82, 2.24) is 4.72 Å². The average Bonchev–Trinajstić information content (AvgIpc) is 2.90. The molecule has 1 amide bonds. The van der Waals surface area contributed by atoms with Crippen molar-refractivity contribution >= 4 is 21.6 Å². The Morgan fingerprint density at radius 2 is 1.70 bits per heavy atom. The number of nitrogens with zero attached hydrogens (tertiary/aromatic N) is 1. The van der Waals surface area contributed by atoms with Gasteiger partial charge in [-0.25, -0.2) is 8.42 Å². The highest BCUT2D eigenvalue weighted by Crippen LogP contribution is 2.23. The minimum absolute atomic E-state index is 0.168. The average molecular weight is 330 g/mol. The maximum atomic E-state index is 12.5. The molecule has 0 saturated carbocycles. The summed E-state index contributed by atoms with van der Waals surface area (Å²) >= 11 is 0. The SMILES string of the molecule is Cc1ccc(N2CCC(NS(=O)(=O)c3ccccc3)C2=O)cc1. The number of hydrogen-bond acceptors (Lipinski definition) is 3. The third-order valence-electron chi connectivity index (χ3n) is 3.90. The van der Waals surface area contributed by atoms with Crippen molar-refractivity contribution in [2.75, 3.05) is 11.4 Å². The standard InChI is InChI=1S/C17H18N2O3S/c1-13-7-9-14(10-8-13)19-12-11-16(17(19)20)18-23(21,22)15-5-3-2-4-6-15/h2-10,16,18H,11-12H2,1H3. The van der Waals surface area contributed by atoms with Gasteiger partial charge in [0.2, 0.25) is 15.9 Å². The fraction of sp³-hybridized carbons (Fsp3) is 0.235. The molecule has 1 fully saturated rings. The van der Waals surface area contributed by atoms with Crippen LogP contribution in [0.15, 0.2) is 59.5 Å². The van der Waals surface area contributed by atoms with Gasteiger partial charge in [0, 0.05) is 12.2 Å². The van der Waals surface area contributed by atoms with Crippen molar-refractivity contribution in [3.8, 4) is 0 Å². The maximum absolute atomic E-state index is 12.5. The van der Waals surface area contributed by atoms with Crippen LogP contribution in [0.3, 0.4) is 0 Å². The minimum atomic E-state index is -3.69. The molecule has 3 rings (SSSR count). The van der Waals surface area contributed by atoms with Crippen LogP contribution >= 0.6 is 0 Å². The molecule has 2 aromatic rings. The van der Waals surface area contributed by atoms with Crippen molar-refractivity contribution in [2.45, 2.75) is 24.3 Å². The number of aryl methyl sites for hydroxylation is 1. The molecule has 1 atom stereocenters. The summed E-state index contributed by atoms with van der Waals surface area (Å²) in [4.78, 5) is 14.3. The number of nitrogens with one attached hydrogen (secondary N) is 1. The quantitative estimate of drug-likeness (QED) is 0.933. The Labute approximate surface area is 136 Å². The molecular formula is C17H18N2O3S. The molecule has 1 aliphatic heterocycles. The maximum Gasteiger partial charge on any atom is 0.245 e. The molecule has 2 aromatic carbocycles. The van der Waals surface area contributed by atoms with Gasteiger partial charge in [-0.2, -0.15) is 4.72 Å². The van der Waals surface area contributed by atoms with Crippen LogP contribution in [0.5, 0.6) is 0 Å². The van der Waals surface area contributed by atoms with Gasteiger partial charge < -0.3 is 4.90 Å². The Morgan fingerprint density at radius 3 is 2.35 bits per heavy atom. The first-order valence-corrected chi connectivity index (χ1v) is 8.91. The first-order chi connectivity index (χ1) is 11.0. The van der Waals surface area contributed by atoms with Crippen molar-refractivity contribution in [3.63, 3.8) is 0 Å². The molecule has 1 N–H and O–H groups in total. The highest BCUT2D eigenvalue weighted by atomic mass is 32.2. The number of hydrogen-bond donors (Lipinski definition) is 1. The monoisotopic (exact) mass is 330 g/mol. The van der Waals surface area contributed by atoms with E-state index in [2.05, 4.69) is 4.72 Å². The summed E-state index contributed by atoms with van der Waals surface area (Å²) in [5, 5.41) is 0. The number of anilines is 1. The number of rotatable bonds is 4. The van der Waals surface area contributed by atoms with E-state index in [1.165, 1.54) is 12.1 Å². The van der Waals surface area contributed by atoms with Crippen LogP contribution < -0.4 is 9.62 Å². The van der Waals surface area contributed by atoms with Crippen LogP contribution in [-0.4, -0.2) is 26.9 Å². The zero-order chi connectivity index (χ0) is 16.4. The highest BCUT2D eigenvalue weighted by Gasteiger charge is 2.35. The summed E-state index contributed by atoms with van der Waals surface area (Å²) in [6.07, 6.45) is 0.457. The number of carbonyl (C=O) groups excluding carboxylic acids is 1. The molecule has 1 saturated heterocycles. The van der Waals surface area contributed by atoms with E-state index in [1.54, 1.807) is 23.1 Å². The zero-order valence-corrected chi connectivity index (χ0v) is 13.6. The highest BCUT2D eigenvalue weighted by molar-refractivity contribution is 7.89. The predicted molar refractivity (Wildman–Crippen MR) is 88.7 cm³/mol. The fourth-order valence-corrected chi connectivity index (χ4v) is 3.87. The third-order valence-corrected chi connectivity index (χ3v) is 5.39. The molecule has 0 bridgehead atoms. The minimum Gasteiger partial charge on any atom is -0.311 e. The van der Waals surface area contributed by atoms with Gasteiger partial charge in [0.15, 0.2) is 0 Å². The molecule has 1 aliphatic rings. The van der Waals surface area contributed by atoms with Crippen molar-refractivity contribution in [3.05, 3.63) is 60.2 Å². The Bertz CT molecular complexity index is 801. The van der Waals surface area contributed by atoms with Gasteiger partial charge in [-0.3, -0.25) is 4.79 Å². The predicted octanol–water partition coefficient (Wildman–Crippen LogP) is 2.08. The first-order valence-electron chi connectivity index (χ1n) is 7.43. The number of carbonyl (C=O) groups is 1. The molecule has 0 spiro atoms. The van der Waals surface area contributed by atoms with Gasteiger partial charge in [0.05, 0.1) is 4.90 Å². The molecule has 6 heteroatoms. The van der Waals surface area contributed by atoms with Crippen LogP contribution in [0, 0.1) is 6.92 Å². The Hall–Kier alpha value is -2.18. The molecule has 0 radical (unpaired) electrons. The second-order valence-corrected chi connectivity index (χ2v) is 7.32. The molecular weight excluding hydrogens is 312 g/mol. The summed E-state index contributed by atoms with van der Waals surface area (Å²) in [5.74, 6) is -0.214. The lowest BCUT2D eigenvalue weighted by Gasteiger charge is -2.17. The Kier molecular flexibility index (Phi) is 4.19. The van der Waals surface area contributed by atoms with E-state index in [4.69, 9.17) is 0 Å². The van der Waals surface area contributed by atoms with Crippen LogP contribution in [0.2, 0.25) is 0 Å². The van der Waals surface area contributed by atoms with Gasteiger partial charge in [0.1, 0.15) is 6.04 Å². The molecule has 23 heavy (non-hydrogen) atoms. The summed E-state index contributed by atoms with van der Waals surface area (Å²) in [6, 6.07) is 15.0. The van der Waals surface area contributed by atoms with E-state index in [1.807, 2.05) is 31.2 Å². The number of sulfonamides is 1. The van der Waals surface area contributed by atoms with Gasteiger partial charge in [-0.05, 0) is 37.6 Å². The lowest BCUT2D eigenvalue weighted by Crippen LogP contribution is -2.41. The van der Waals surface area contributed by atoms with Gasteiger partial charge in [-0.15, -0.1) is 0 Å². The third kappa shape index (κ3) is 3.28. The smallest absolute Gasteiger partial charge is 0.245 e. The van der Waals surface area contributed by atoms with E-state index in [0.29, 0.717) is 13.0 Å². The van der Waals surface area contributed by atoms with E-state index in [-0.39, 0.29) is 10.8 Å².